The van der Waals surface area contributed by atoms with Crippen molar-refractivity contribution >= 4 is 11.8 Å². The highest BCUT2D eigenvalue weighted by molar-refractivity contribution is 7.99. The van der Waals surface area contributed by atoms with Crippen LogP contribution in [-0.2, 0) is 0 Å². The quantitative estimate of drug-likeness (QED) is 0.599. The van der Waals surface area contributed by atoms with E-state index < -0.39 is 0 Å². The number of hydrogen-bond donors (Lipinski definition) is 1. The fraction of sp³-hybridized carbons (Fsp3) is 0.375. The molecule has 0 saturated carbocycles. The molecule has 0 aliphatic heterocycles. The molecule has 1 N–H and O–H groups in total. The molecule has 0 amide bonds. The third kappa shape index (κ3) is 5.02. The summed E-state index contributed by atoms with van der Waals surface area (Å²) >= 11 is 1.66. The predicted molar refractivity (Wildman–Crippen MR) is 86.8 cm³/mol. The Morgan fingerprint density at radius 3 is 2.48 bits per heavy atom. The smallest absolute Gasteiger partial charge is 0.187 e. The molecule has 0 fully saturated rings. The Balaban J connectivity index is 2.00. The van der Waals surface area contributed by atoms with Gasteiger partial charge < -0.3 is 10.1 Å². The number of benzene rings is 1. The molecule has 0 saturated heterocycles. The fourth-order valence-electron chi connectivity index (χ4n) is 2.00. The van der Waals surface area contributed by atoms with Crippen LogP contribution in [0.15, 0.2) is 47.9 Å². The van der Waals surface area contributed by atoms with Crippen LogP contribution in [0.3, 0.4) is 0 Å². The normalized spacial score (nSPS) is 12.1. The Morgan fingerprint density at radius 1 is 1.14 bits per heavy atom. The number of nitrogens with one attached hydrogen (secondary N) is 1. The first-order valence-electron chi connectivity index (χ1n) is 7.19. The summed E-state index contributed by atoms with van der Waals surface area (Å²) in [5, 5.41) is 4.31. The standard InChI is InChI=1S/C16H21N3OS/c1-3-17-15(12-21-16-18-10-5-11-19-16)13-6-8-14(9-7-13)20-4-2/h5-11,15,17H,3-4,12H2,1-2H3. The van der Waals surface area contributed by atoms with Gasteiger partial charge >= 0.3 is 0 Å². The molecule has 0 spiro atoms. The summed E-state index contributed by atoms with van der Waals surface area (Å²) in [6.45, 7) is 5.72. The zero-order chi connectivity index (χ0) is 14.9. The van der Waals surface area contributed by atoms with Crippen LogP contribution in [0.2, 0.25) is 0 Å². The lowest BCUT2D eigenvalue weighted by molar-refractivity contribution is 0.340. The molecular formula is C16H21N3OS. The van der Waals surface area contributed by atoms with Crippen LogP contribution in [-0.4, -0.2) is 28.9 Å². The van der Waals surface area contributed by atoms with Crippen molar-refractivity contribution in [1.29, 1.82) is 0 Å². The van der Waals surface area contributed by atoms with Crippen molar-refractivity contribution < 1.29 is 4.74 Å². The third-order valence-corrected chi connectivity index (χ3v) is 3.93. The molecule has 5 heteroatoms. The molecule has 1 heterocycles. The lowest BCUT2D eigenvalue weighted by Gasteiger charge is -2.18. The van der Waals surface area contributed by atoms with E-state index >= 15 is 0 Å². The van der Waals surface area contributed by atoms with Crippen LogP contribution in [0, 0.1) is 0 Å². The van der Waals surface area contributed by atoms with Crippen LogP contribution in [0.5, 0.6) is 5.75 Å². The van der Waals surface area contributed by atoms with E-state index in [1.807, 2.05) is 25.1 Å². The lowest BCUT2D eigenvalue weighted by atomic mass is 10.1. The summed E-state index contributed by atoms with van der Waals surface area (Å²) in [4.78, 5) is 8.49. The average molecular weight is 303 g/mol. The summed E-state index contributed by atoms with van der Waals surface area (Å²) in [6.07, 6.45) is 3.54. The van der Waals surface area contributed by atoms with Gasteiger partial charge in [0, 0.05) is 24.2 Å². The van der Waals surface area contributed by atoms with Gasteiger partial charge in [0.2, 0.25) is 0 Å². The third-order valence-electron chi connectivity index (χ3n) is 2.97. The van der Waals surface area contributed by atoms with Gasteiger partial charge in [0.25, 0.3) is 0 Å². The van der Waals surface area contributed by atoms with Crippen molar-refractivity contribution in [3.63, 3.8) is 0 Å². The summed E-state index contributed by atoms with van der Waals surface area (Å²) in [6, 6.07) is 10.4. The average Bonchev–Trinajstić information content (AvgIpc) is 2.54. The molecule has 112 valence electrons. The highest BCUT2D eigenvalue weighted by Crippen LogP contribution is 2.23. The first-order chi connectivity index (χ1) is 10.3. The van der Waals surface area contributed by atoms with E-state index in [-0.39, 0.29) is 6.04 Å². The van der Waals surface area contributed by atoms with E-state index in [4.69, 9.17) is 4.74 Å². The fourth-order valence-corrected chi connectivity index (χ4v) is 2.90. The number of ether oxygens (including phenoxy) is 1. The zero-order valence-electron chi connectivity index (χ0n) is 12.5. The SMILES string of the molecule is CCNC(CSc1ncccn1)c1ccc(OCC)cc1. The maximum Gasteiger partial charge on any atom is 0.187 e. The van der Waals surface area contributed by atoms with Crippen LogP contribution < -0.4 is 10.1 Å². The lowest BCUT2D eigenvalue weighted by Crippen LogP contribution is -2.23. The van der Waals surface area contributed by atoms with Crippen molar-refractivity contribution in [3.8, 4) is 5.75 Å². The number of rotatable bonds is 8. The molecule has 21 heavy (non-hydrogen) atoms. The minimum atomic E-state index is 0.277. The Labute approximate surface area is 130 Å². The van der Waals surface area contributed by atoms with E-state index in [2.05, 4.69) is 34.3 Å². The van der Waals surface area contributed by atoms with Gasteiger partial charge in [0.15, 0.2) is 5.16 Å². The van der Waals surface area contributed by atoms with Gasteiger partial charge in [-0.1, -0.05) is 30.8 Å². The molecule has 0 bridgehead atoms. The van der Waals surface area contributed by atoms with Gasteiger partial charge in [0.1, 0.15) is 5.75 Å². The van der Waals surface area contributed by atoms with E-state index in [1.165, 1.54) is 5.56 Å². The maximum atomic E-state index is 5.48. The van der Waals surface area contributed by atoms with Gasteiger partial charge in [-0.15, -0.1) is 0 Å². The van der Waals surface area contributed by atoms with Gasteiger partial charge in [-0.05, 0) is 37.2 Å². The molecule has 2 aromatic rings. The highest BCUT2D eigenvalue weighted by atomic mass is 32.2. The van der Waals surface area contributed by atoms with E-state index in [9.17, 15) is 0 Å². The second-order valence-corrected chi connectivity index (χ2v) is 5.44. The Kier molecular flexibility index (Phi) is 6.50. The molecule has 1 aromatic heterocycles. The van der Waals surface area contributed by atoms with E-state index in [0.717, 1.165) is 23.2 Å². The molecule has 0 aliphatic carbocycles. The largest absolute Gasteiger partial charge is 0.494 e. The summed E-state index contributed by atoms with van der Waals surface area (Å²) in [5.41, 5.74) is 1.25. The number of hydrogen-bond acceptors (Lipinski definition) is 5. The van der Waals surface area contributed by atoms with Gasteiger partial charge in [0.05, 0.1) is 6.61 Å². The molecule has 4 nitrogen and oxygen atoms in total. The summed E-state index contributed by atoms with van der Waals surface area (Å²) in [5.74, 6) is 1.81. The second-order valence-electron chi connectivity index (χ2n) is 4.45. The predicted octanol–water partition coefficient (Wildman–Crippen LogP) is 3.32. The number of aromatic nitrogens is 2. The summed E-state index contributed by atoms with van der Waals surface area (Å²) < 4.78 is 5.48. The molecular weight excluding hydrogens is 282 g/mol. The van der Waals surface area contributed by atoms with Gasteiger partial charge in [-0.25, -0.2) is 9.97 Å². The molecule has 1 atom stereocenters. The Morgan fingerprint density at radius 2 is 1.86 bits per heavy atom. The maximum absolute atomic E-state index is 5.48. The first kappa shape index (κ1) is 15.8. The zero-order valence-corrected chi connectivity index (χ0v) is 13.3. The van der Waals surface area contributed by atoms with Crippen molar-refractivity contribution in [2.45, 2.75) is 25.0 Å². The van der Waals surface area contributed by atoms with E-state index in [0.29, 0.717) is 6.61 Å². The summed E-state index contributed by atoms with van der Waals surface area (Å²) in [7, 11) is 0. The Bertz CT molecular complexity index is 519. The second kappa shape index (κ2) is 8.64. The van der Waals surface area contributed by atoms with Gasteiger partial charge in [-0.3, -0.25) is 0 Å². The van der Waals surface area contributed by atoms with Crippen molar-refractivity contribution in [1.82, 2.24) is 15.3 Å². The Hall–Kier alpha value is -1.59. The minimum absolute atomic E-state index is 0.277. The molecule has 1 aromatic carbocycles. The van der Waals surface area contributed by atoms with Crippen LogP contribution in [0.1, 0.15) is 25.5 Å². The number of nitrogens with zero attached hydrogens (tertiary/aromatic N) is 2. The van der Waals surface area contributed by atoms with Crippen molar-refractivity contribution in [3.05, 3.63) is 48.3 Å². The van der Waals surface area contributed by atoms with Crippen LogP contribution >= 0.6 is 11.8 Å². The monoisotopic (exact) mass is 303 g/mol. The number of thioether (sulfide) groups is 1. The molecule has 2 rings (SSSR count). The first-order valence-corrected chi connectivity index (χ1v) is 8.18. The van der Waals surface area contributed by atoms with Crippen LogP contribution in [0.25, 0.3) is 0 Å². The van der Waals surface area contributed by atoms with Crippen molar-refractivity contribution in [2.75, 3.05) is 18.9 Å². The highest BCUT2D eigenvalue weighted by Gasteiger charge is 2.11. The molecule has 1 unspecified atom stereocenters. The molecule has 0 aliphatic rings. The topological polar surface area (TPSA) is 47.0 Å². The van der Waals surface area contributed by atoms with Crippen molar-refractivity contribution in [2.24, 2.45) is 0 Å². The minimum Gasteiger partial charge on any atom is -0.494 e. The molecule has 0 radical (unpaired) electrons. The van der Waals surface area contributed by atoms with E-state index in [1.54, 1.807) is 24.2 Å². The van der Waals surface area contributed by atoms with Crippen LogP contribution in [0.4, 0.5) is 0 Å². The van der Waals surface area contributed by atoms with Gasteiger partial charge in [-0.2, -0.15) is 0 Å².